The first-order valence-electron chi connectivity index (χ1n) is 6.96. The minimum absolute atomic E-state index is 0.142. The molecule has 2 rings (SSSR count). The van der Waals surface area contributed by atoms with Crippen molar-refractivity contribution >= 4 is 21.8 Å². The highest BCUT2D eigenvalue weighted by Gasteiger charge is 2.23. The SMILES string of the molecule is C[C@@H](N[C@H](C)c1ccc(Br)cc1)C(=O)N1CCOCC1. The number of benzene rings is 1. The molecule has 110 valence electrons. The van der Waals surface area contributed by atoms with Gasteiger partial charge in [-0.3, -0.25) is 10.1 Å². The van der Waals surface area contributed by atoms with E-state index in [1.54, 1.807) is 0 Å². The van der Waals surface area contributed by atoms with Crippen molar-refractivity contribution in [3.8, 4) is 0 Å². The van der Waals surface area contributed by atoms with Gasteiger partial charge in [-0.15, -0.1) is 0 Å². The number of nitrogens with zero attached hydrogens (tertiary/aromatic N) is 1. The van der Waals surface area contributed by atoms with E-state index in [1.165, 1.54) is 5.56 Å². The minimum atomic E-state index is -0.188. The second kappa shape index (κ2) is 7.20. The molecule has 1 heterocycles. The molecule has 1 aliphatic rings. The quantitative estimate of drug-likeness (QED) is 0.914. The van der Waals surface area contributed by atoms with E-state index < -0.39 is 0 Å². The van der Waals surface area contributed by atoms with E-state index in [0.717, 1.165) is 4.47 Å². The number of amides is 1. The van der Waals surface area contributed by atoms with E-state index in [-0.39, 0.29) is 18.0 Å². The minimum Gasteiger partial charge on any atom is -0.378 e. The van der Waals surface area contributed by atoms with Gasteiger partial charge in [0.05, 0.1) is 19.3 Å². The summed E-state index contributed by atoms with van der Waals surface area (Å²) in [6, 6.07) is 8.11. The molecule has 0 bridgehead atoms. The molecule has 20 heavy (non-hydrogen) atoms. The number of ether oxygens (including phenoxy) is 1. The van der Waals surface area contributed by atoms with Crippen LogP contribution in [0, 0.1) is 0 Å². The molecule has 0 aromatic heterocycles. The molecule has 1 amide bonds. The van der Waals surface area contributed by atoms with E-state index in [2.05, 4.69) is 40.3 Å². The van der Waals surface area contributed by atoms with Crippen LogP contribution in [0.2, 0.25) is 0 Å². The summed E-state index contributed by atoms with van der Waals surface area (Å²) in [6.45, 7) is 6.66. The van der Waals surface area contributed by atoms with Gasteiger partial charge in [-0.25, -0.2) is 0 Å². The van der Waals surface area contributed by atoms with Gasteiger partial charge < -0.3 is 9.64 Å². The highest BCUT2D eigenvalue weighted by atomic mass is 79.9. The zero-order chi connectivity index (χ0) is 14.5. The van der Waals surface area contributed by atoms with E-state index >= 15 is 0 Å². The molecule has 1 aromatic rings. The van der Waals surface area contributed by atoms with E-state index in [1.807, 2.05) is 24.0 Å². The Morgan fingerprint density at radius 2 is 1.85 bits per heavy atom. The first-order valence-corrected chi connectivity index (χ1v) is 7.75. The van der Waals surface area contributed by atoms with Crippen LogP contribution in [0.25, 0.3) is 0 Å². The van der Waals surface area contributed by atoms with Crippen molar-refractivity contribution in [3.05, 3.63) is 34.3 Å². The molecule has 1 fully saturated rings. The third kappa shape index (κ3) is 4.04. The number of hydrogen-bond acceptors (Lipinski definition) is 3. The Hall–Kier alpha value is -0.910. The second-order valence-corrected chi connectivity index (χ2v) is 6.01. The van der Waals surface area contributed by atoms with Crippen molar-refractivity contribution in [3.63, 3.8) is 0 Å². The Labute approximate surface area is 128 Å². The van der Waals surface area contributed by atoms with Gasteiger partial charge in [0.1, 0.15) is 0 Å². The lowest BCUT2D eigenvalue weighted by Gasteiger charge is -2.30. The predicted octanol–water partition coefficient (Wildman–Crippen LogP) is 2.35. The highest BCUT2D eigenvalue weighted by molar-refractivity contribution is 9.10. The van der Waals surface area contributed by atoms with Gasteiger partial charge in [-0.1, -0.05) is 28.1 Å². The number of halogens is 1. The van der Waals surface area contributed by atoms with Crippen LogP contribution in [0.15, 0.2) is 28.7 Å². The summed E-state index contributed by atoms with van der Waals surface area (Å²) in [7, 11) is 0. The fourth-order valence-electron chi connectivity index (χ4n) is 2.35. The van der Waals surface area contributed by atoms with Gasteiger partial charge in [0.15, 0.2) is 0 Å². The van der Waals surface area contributed by atoms with Crippen molar-refractivity contribution in [2.45, 2.75) is 25.9 Å². The summed E-state index contributed by atoms with van der Waals surface area (Å²) in [5.74, 6) is 0.150. The average Bonchev–Trinajstić information content (AvgIpc) is 2.48. The van der Waals surface area contributed by atoms with Gasteiger partial charge in [0.2, 0.25) is 5.91 Å². The van der Waals surface area contributed by atoms with Crippen molar-refractivity contribution < 1.29 is 9.53 Å². The van der Waals surface area contributed by atoms with Crippen LogP contribution in [0.4, 0.5) is 0 Å². The monoisotopic (exact) mass is 340 g/mol. The Morgan fingerprint density at radius 1 is 1.25 bits per heavy atom. The third-order valence-electron chi connectivity index (χ3n) is 3.56. The van der Waals surface area contributed by atoms with Crippen molar-refractivity contribution in [2.75, 3.05) is 26.3 Å². The van der Waals surface area contributed by atoms with E-state index in [0.29, 0.717) is 26.3 Å². The third-order valence-corrected chi connectivity index (χ3v) is 4.09. The molecule has 1 aromatic carbocycles. The van der Waals surface area contributed by atoms with Gasteiger partial charge in [-0.05, 0) is 31.5 Å². The number of hydrogen-bond donors (Lipinski definition) is 1. The van der Waals surface area contributed by atoms with Gasteiger partial charge in [-0.2, -0.15) is 0 Å². The summed E-state index contributed by atoms with van der Waals surface area (Å²) < 4.78 is 6.33. The zero-order valence-corrected chi connectivity index (χ0v) is 13.5. The standard InChI is InChI=1S/C15H21BrN2O2/c1-11(13-3-5-14(16)6-4-13)17-12(2)15(19)18-7-9-20-10-8-18/h3-6,11-12,17H,7-10H2,1-2H3/t11-,12-/m1/s1. The molecular formula is C15H21BrN2O2. The first kappa shape index (κ1) is 15.5. The van der Waals surface area contributed by atoms with Crippen LogP contribution in [-0.4, -0.2) is 43.2 Å². The summed E-state index contributed by atoms with van der Waals surface area (Å²) in [5, 5.41) is 3.37. The lowest BCUT2D eigenvalue weighted by atomic mass is 10.1. The fourth-order valence-corrected chi connectivity index (χ4v) is 2.62. The second-order valence-electron chi connectivity index (χ2n) is 5.10. The van der Waals surface area contributed by atoms with E-state index in [9.17, 15) is 4.79 Å². The molecule has 0 spiro atoms. The van der Waals surface area contributed by atoms with Crippen molar-refractivity contribution in [1.82, 2.24) is 10.2 Å². The summed E-state index contributed by atoms with van der Waals surface area (Å²) in [5.41, 5.74) is 1.18. The molecule has 4 nitrogen and oxygen atoms in total. The molecule has 5 heteroatoms. The topological polar surface area (TPSA) is 41.6 Å². The molecular weight excluding hydrogens is 320 g/mol. The molecule has 0 unspecified atom stereocenters. The van der Waals surface area contributed by atoms with Crippen molar-refractivity contribution in [2.24, 2.45) is 0 Å². The molecule has 1 N–H and O–H groups in total. The number of rotatable bonds is 4. The van der Waals surface area contributed by atoms with Crippen LogP contribution in [0.5, 0.6) is 0 Å². The average molecular weight is 341 g/mol. The maximum Gasteiger partial charge on any atom is 0.239 e. The lowest BCUT2D eigenvalue weighted by Crippen LogP contribution is -2.49. The number of carbonyl (C=O) groups is 1. The molecule has 0 radical (unpaired) electrons. The Balaban J connectivity index is 1.91. The van der Waals surface area contributed by atoms with Crippen LogP contribution < -0.4 is 5.32 Å². The lowest BCUT2D eigenvalue weighted by molar-refractivity contribution is -0.137. The van der Waals surface area contributed by atoms with Crippen LogP contribution >= 0.6 is 15.9 Å². The Morgan fingerprint density at radius 3 is 2.45 bits per heavy atom. The van der Waals surface area contributed by atoms with Crippen molar-refractivity contribution in [1.29, 1.82) is 0 Å². The molecule has 2 atom stereocenters. The molecule has 1 saturated heterocycles. The molecule has 0 saturated carbocycles. The van der Waals surface area contributed by atoms with E-state index in [4.69, 9.17) is 4.74 Å². The van der Waals surface area contributed by atoms with Crippen LogP contribution in [0.1, 0.15) is 25.5 Å². The van der Waals surface area contributed by atoms with Gasteiger partial charge in [0.25, 0.3) is 0 Å². The highest BCUT2D eigenvalue weighted by Crippen LogP contribution is 2.17. The summed E-state index contributed by atoms with van der Waals surface area (Å²) >= 11 is 3.43. The number of morpholine rings is 1. The summed E-state index contributed by atoms with van der Waals surface area (Å²) in [4.78, 5) is 14.2. The number of nitrogens with one attached hydrogen (secondary N) is 1. The predicted molar refractivity (Wildman–Crippen MR) is 82.6 cm³/mol. The normalized spacial score (nSPS) is 18.6. The zero-order valence-electron chi connectivity index (χ0n) is 11.9. The first-order chi connectivity index (χ1) is 9.58. The maximum atomic E-state index is 12.3. The van der Waals surface area contributed by atoms with Crippen LogP contribution in [-0.2, 0) is 9.53 Å². The largest absolute Gasteiger partial charge is 0.378 e. The molecule has 0 aliphatic carbocycles. The fraction of sp³-hybridized carbons (Fsp3) is 0.533. The molecule has 1 aliphatic heterocycles. The smallest absolute Gasteiger partial charge is 0.239 e. The Bertz CT molecular complexity index is 444. The van der Waals surface area contributed by atoms with Gasteiger partial charge in [0, 0.05) is 23.6 Å². The van der Waals surface area contributed by atoms with Gasteiger partial charge >= 0.3 is 0 Å². The maximum absolute atomic E-state index is 12.3. The summed E-state index contributed by atoms with van der Waals surface area (Å²) in [6.07, 6.45) is 0. The number of carbonyl (C=O) groups excluding carboxylic acids is 1. The van der Waals surface area contributed by atoms with Crippen LogP contribution in [0.3, 0.4) is 0 Å². The Kier molecular flexibility index (Phi) is 5.57.